The van der Waals surface area contributed by atoms with Gasteiger partial charge in [-0.3, -0.25) is 19.2 Å². The Morgan fingerprint density at radius 3 is 2.53 bits per heavy atom. The summed E-state index contributed by atoms with van der Waals surface area (Å²) in [5.74, 6) is -4.48. The highest BCUT2D eigenvalue weighted by molar-refractivity contribution is 6.19. The number of nitrogens with one attached hydrogen (secondary N) is 1. The molecule has 1 saturated heterocycles. The van der Waals surface area contributed by atoms with E-state index in [-0.39, 0.29) is 19.5 Å². The summed E-state index contributed by atoms with van der Waals surface area (Å²) in [6, 6.07) is 12.5. The SMILES string of the molecule is O=C(O)CNC(=O)C1C(=O)CCN(Cc2ccc(Oc3cccc(F)c3)cc2)C1=O. The molecule has 2 N–H and O–H groups in total. The number of amides is 2. The highest BCUT2D eigenvalue weighted by Gasteiger charge is 2.40. The van der Waals surface area contributed by atoms with Gasteiger partial charge < -0.3 is 20.1 Å². The largest absolute Gasteiger partial charge is 0.480 e. The number of piperidine rings is 1. The molecule has 0 aromatic heterocycles. The van der Waals surface area contributed by atoms with Crippen LogP contribution in [0.25, 0.3) is 0 Å². The molecule has 0 spiro atoms. The molecule has 8 nitrogen and oxygen atoms in total. The van der Waals surface area contributed by atoms with Crippen LogP contribution in [0.1, 0.15) is 12.0 Å². The Bertz CT molecular complexity index is 976. The number of nitrogens with zero attached hydrogens (tertiary/aromatic N) is 1. The van der Waals surface area contributed by atoms with Gasteiger partial charge >= 0.3 is 5.97 Å². The molecule has 156 valence electrons. The number of halogens is 1. The molecule has 0 aliphatic carbocycles. The maximum Gasteiger partial charge on any atom is 0.322 e. The molecule has 0 radical (unpaired) electrons. The number of ether oxygens (including phenoxy) is 1. The molecule has 1 aliphatic heterocycles. The second-order valence-corrected chi connectivity index (χ2v) is 6.72. The van der Waals surface area contributed by atoms with Crippen molar-refractivity contribution in [1.82, 2.24) is 10.2 Å². The van der Waals surface area contributed by atoms with E-state index in [0.29, 0.717) is 11.5 Å². The van der Waals surface area contributed by atoms with Crippen LogP contribution in [0, 0.1) is 11.7 Å². The molecule has 30 heavy (non-hydrogen) atoms. The standard InChI is InChI=1S/C21H19FN2O6/c22-14-2-1-3-16(10-14)30-15-6-4-13(5-7-15)12-24-9-8-17(25)19(21(24)29)20(28)23-11-18(26)27/h1-7,10,19H,8-9,11-12H2,(H,23,28)(H,26,27). The summed E-state index contributed by atoms with van der Waals surface area (Å²) in [4.78, 5) is 48.7. The first-order valence-electron chi connectivity index (χ1n) is 9.17. The molecular weight excluding hydrogens is 395 g/mol. The quantitative estimate of drug-likeness (QED) is 0.668. The molecule has 2 aromatic carbocycles. The van der Waals surface area contributed by atoms with Gasteiger partial charge in [-0.15, -0.1) is 0 Å². The fourth-order valence-corrected chi connectivity index (χ4v) is 3.05. The molecule has 0 bridgehead atoms. The van der Waals surface area contributed by atoms with Crippen molar-refractivity contribution >= 4 is 23.6 Å². The maximum absolute atomic E-state index is 13.2. The van der Waals surface area contributed by atoms with Gasteiger partial charge in [-0.1, -0.05) is 18.2 Å². The van der Waals surface area contributed by atoms with Gasteiger partial charge in [0.1, 0.15) is 23.9 Å². The van der Waals surface area contributed by atoms with Gasteiger partial charge in [0.15, 0.2) is 11.7 Å². The molecule has 1 fully saturated rings. The average molecular weight is 414 g/mol. The summed E-state index contributed by atoms with van der Waals surface area (Å²) in [6.07, 6.45) is 0.0116. The van der Waals surface area contributed by atoms with Crippen LogP contribution in [0.5, 0.6) is 11.5 Å². The molecule has 2 aromatic rings. The fourth-order valence-electron chi connectivity index (χ4n) is 3.05. The molecule has 1 heterocycles. The van der Waals surface area contributed by atoms with E-state index in [9.17, 15) is 23.6 Å². The summed E-state index contributed by atoms with van der Waals surface area (Å²) in [5.41, 5.74) is 0.744. The number of carboxylic acid groups (broad SMARTS) is 1. The van der Waals surface area contributed by atoms with Crippen LogP contribution in [-0.2, 0) is 25.7 Å². The summed E-state index contributed by atoms with van der Waals surface area (Å²) >= 11 is 0. The van der Waals surface area contributed by atoms with Crippen LogP contribution < -0.4 is 10.1 Å². The molecule has 3 rings (SSSR count). The molecule has 1 unspecified atom stereocenters. The van der Waals surface area contributed by atoms with Crippen LogP contribution in [0.4, 0.5) is 4.39 Å². The molecule has 1 atom stereocenters. The third-order valence-corrected chi connectivity index (χ3v) is 4.51. The maximum atomic E-state index is 13.2. The van der Waals surface area contributed by atoms with Gasteiger partial charge in [-0.25, -0.2) is 4.39 Å². The predicted molar refractivity (Wildman–Crippen MR) is 102 cm³/mol. The van der Waals surface area contributed by atoms with Crippen LogP contribution in [0.15, 0.2) is 48.5 Å². The Kier molecular flexibility index (Phi) is 6.41. The monoisotopic (exact) mass is 414 g/mol. The van der Waals surface area contributed by atoms with Crippen LogP contribution in [-0.4, -0.2) is 46.7 Å². The normalized spacial score (nSPS) is 16.3. The van der Waals surface area contributed by atoms with Crippen molar-refractivity contribution in [1.29, 1.82) is 0 Å². The third kappa shape index (κ3) is 5.19. The van der Waals surface area contributed by atoms with Gasteiger partial charge in [0, 0.05) is 25.6 Å². The Labute approximate surface area is 171 Å². The Morgan fingerprint density at radius 1 is 1.13 bits per heavy atom. The van der Waals surface area contributed by atoms with E-state index in [4.69, 9.17) is 9.84 Å². The lowest BCUT2D eigenvalue weighted by molar-refractivity contribution is -0.152. The second kappa shape index (κ2) is 9.17. The first kappa shape index (κ1) is 21.0. The highest BCUT2D eigenvalue weighted by atomic mass is 19.1. The summed E-state index contributed by atoms with van der Waals surface area (Å²) in [6.45, 7) is -0.320. The summed E-state index contributed by atoms with van der Waals surface area (Å²) in [5, 5.41) is 10.7. The minimum Gasteiger partial charge on any atom is -0.480 e. The van der Waals surface area contributed by atoms with Crippen molar-refractivity contribution < 1.29 is 33.4 Å². The van der Waals surface area contributed by atoms with Gasteiger partial charge in [-0.05, 0) is 29.8 Å². The number of Topliss-reactive ketones (excluding diaryl/α,β-unsaturated/α-hetero) is 1. The van der Waals surface area contributed by atoms with E-state index in [1.54, 1.807) is 30.3 Å². The number of benzene rings is 2. The van der Waals surface area contributed by atoms with Crippen LogP contribution in [0.2, 0.25) is 0 Å². The van der Waals surface area contributed by atoms with E-state index in [1.165, 1.54) is 23.1 Å². The van der Waals surface area contributed by atoms with E-state index in [0.717, 1.165) is 5.56 Å². The molecule has 9 heteroatoms. The minimum atomic E-state index is -1.53. The van der Waals surface area contributed by atoms with E-state index in [1.807, 2.05) is 0 Å². The van der Waals surface area contributed by atoms with E-state index < -0.39 is 41.8 Å². The Hall–Kier alpha value is -3.75. The molecule has 0 saturated carbocycles. The fraction of sp³-hybridized carbons (Fsp3) is 0.238. The second-order valence-electron chi connectivity index (χ2n) is 6.72. The third-order valence-electron chi connectivity index (χ3n) is 4.51. The van der Waals surface area contributed by atoms with Gasteiger partial charge in [0.05, 0.1) is 0 Å². The van der Waals surface area contributed by atoms with E-state index >= 15 is 0 Å². The van der Waals surface area contributed by atoms with Gasteiger partial charge in [-0.2, -0.15) is 0 Å². The topological polar surface area (TPSA) is 113 Å². The van der Waals surface area contributed by atoms with Crippen LogP contribution >= 0.6 is 0 Å². The Balaban J connectivity index is 1.63. The average Bonchev–Trinajstić information content (AvgIpc) is 2.70. The van der Waals surface area contributed by atoms with Crippen molar-refractivity contribution in [3.8, 4) is 11.5 Å². The lowest BCUT2D eigenvalue weighted by Gasteiger charge is -2.30. The molecular formula is C21H19FN2O6. The van der Waals surface area contributed by atoms with Crippen molar-refractivity contribution in [3.63, 3.8) is 0 Å². The zero-order valence-electron chi connectivity index (χ0n) is 15.8. The smallest absolute Gasteiger partial charge is 0.322 e. The number of carboxylic acids is 1. The highest BCUT2D eigenvalue weighted by Crippen LogP contribution is 2.24. The van der Waals surface area contributed by atoms with Gasteiger partial charge in [0.25, 0.3) is 0 Å². The van der Waals surface area contributed by atoms with Gasteiger partial charge in [0.2, 0.25) is 11.8 Å². The Morgan fingerprint density at radius 2 is 1.87 bits per heavy atom. The lowest BCUT2D eigenvalue weighted by atomic mass is 9.94. The number of carbonyl (C=O) groups is 4. The van der Waals surface area contributed by atoms with Crippen molar-refractivity contribution in [2.24, 2.45) is 5.92 Å². The number of ketones is 1. The number of likely N-dealkylation sites (tertiary alicyclic amines) is 1. The van der Waals surface area contributed by atoms with E-state index in [2.05, 4.69) is 5.32 Å². The molecule has 2 amide bonds. The minimum absolute atomic E-state index is 0.0116. The van der Waals surface area contributed by atoms with Crippen molar-refractivity contribution in [3.05, 3.63) is 59.9 Å². The number of aliphatic carboxylic acids is 1. The van der Waals surface area contributed by atoms with Crippen molar-refractivity contribution in [2.45, 2.75) is 13.0 Å². The van der Waals surface area contributed by atoms with Crippen LogP contribution in [0.3, 0.4) is 0 Å². The molecule has 1 aliphatic rings. The lowest BCUT2D eigenvalue weighted by Crippen LogP contribution is -2.52. The zero-order valence-corrected chi connectivity index (χ0v) is 15.8. The number of rotatable bonds is 7. The number of hydrogen-bond donors (Lipinski definition) is 2. The first-order chi connectivity index (χ1) is 14.3. The number of carbonyl (C=O) groups excluding carboxylic acids is 3. The van der Waals surface area contributed by atoms with Crippen molar-refractivity contribution in [2.75, 3.05) is 13.1 Å². The first-order valence-corrected chi connectivity index (χ1v) is 9.17. The number of hydrogen-bond acceptors (Lipinski definition) is 5. The zero-order chi connectivity index (χ0) is 21.7. The predicted octanol–water partition coefficient (Wildman–Crippen LogP) is 1.74. The summed E-state index contributed by atoms with van der Waals surface area (Å²) < 4.78 is 18.8. The summed E-state index contributed by atoms with van der Waals surface area (Å²) in [7, 11) is 0.